The Kier molecular flexibility index (Phi) is 4.81. The van der Waals surface area contributed by atoms with E-state index >= 15 is 0 Å². The second-order valence-corrected chi connectivity index (χ2v) is 6.04. The van der Waals surface area contributed by atoms with Crippen molar-refractivity contribution in [2.24, 2.45) is 5.73 Å². The molecule has 0 saturated carbocycles. The molecule has 6 nitrogen and oxygen atoms in total. The molecule has 0 radical (unpaired) electrons. The Morgan fingerprint density at radius 1 is 1.32 bits per heavy atom. The maximum atomic E-state index is 14.2. The summed E-state index contributed by atoms with van der Waals surface area (Å²) in [6, 6.07) is 2.00. The van der Waals surface area contributed by atoms with E-state index in [1.807, 2.05) is 0 Å². The zero-order valence-corrected chi connectivity index (χ0v) is 13.6. The van der Waals surface area contributed by atoms with Crippen LogP contribution < -0.4 is 11.1 Å². The van der Waals surface area contributed by atoms with Gasteiger partial charge in [0.2, 0.25) is 11.8 Å². The van der Waals surface area contributed by atoms with Crippen molar-refractivity contribution in [1.29, 1.82) is 0 Å². The number of piperidine rings is 1. The van der Waals surface area contributed by atoms with Gasteiger partial charge in [-0.15, -0.1) is 0 Å². The summed E-state index contributed by atoms with van der Waals surface area (Å²) in [5.74, 6) is 3.90. The second kappa shape index (κ2) is 7.03. The zero-order valence-electron chi connectivity index (χ0n) is 13.6. The van der Waals surface area contributed by atoms with E-state index in [0.29, 0.717) is 24.1 Å². The third-order valence-corrected chi connectivity index (χ3v) is 4.38. The number of hydrogen-bond acceptors (Lipinski definition) is 4. The average Bonchev–Trinajstić information content (AvgIpc) is 2.92. The Balaban J connectivity index is 1.89. The van der Waals surface area contributed by atoms with Gasteiger partial charge in [0.25, 0.3) is 5.91 Å². The molecule has 1 fully saturated rings. The molecule has 25 heavy (non-hydrogen) atoms. The van der Waals surface area contributed by atoms with Gasteiger partial charge in [-0.25, -0.2) is 4.39 Å². The number of amides is 3. The predicted octanol–water partition coefficient (Wildman–Crippen LogP) is 0.677. The van der Waals surface area contributed by atoms with Crippen LogP contribution in [0.5, 0.6) is 0 Å². The molecule has 0 aliphatic carbocycles. The first-order valence-electron chi connectivity index (χ1n) is 8.18. The van der Waals surface area contributed by atoms with Crippen LogP contribution in [0.3, 0.4) is 0 Å². The van der Waals surface area contributed by atoms with Crippen molar-refractivity contribution in [3.8, 4) is 11.8 Å². The summed E-state index contributed by atoms with van der Waals surface area (Å²) in [5, 5.41) is 2.23. The average molecular weight is 343 g/mol. The fraction of sp³-hybridized carbons (Fsp3) is 0.389. The number of carbonyl (C=O) groups excluding carboxylic acids is 3. The Labute approximate surface area is 144 Å². The smallest absolute Gasteiger partial charge is 0.258 e. The van der Waals surface area contributed by atoms with Gasteiger partial charge in [0.15, 0.2) is 0 Å². The highest BCUT2D eigenvalue weighted by Gasteiger charge is 2.41. The molecular weight excluding hydrogens is 325 g/mol. The molecule has 1 saturated heterocycles. The highest BCUT2D eigenvalue weighted by molar-refractivity contribution is 6.05. The van der Waals surface area contributed by atoms with Gasteiger partial charge in [-0.05, 0) is 31.5 Å². The van der Waals surface area contributed by atoms with E-state index < -0.39 is 23.7 Å². The van der Waals surface area contributed by atoms with E-state index in [1.54, 1.807) is 6.07 Å². The molecule has 0 bridgehead atoms. The SMILES string of the molecule is NCCCC#Cc1ccc(F)c2c1CN(C1CCC(=O)NC1=O)C2=O. The molecule has 3 N–H and O–H groups in total. The number of halogens is 1. The van der Waals surface area contributed by atoms with Crippen molar-refractivity contribution < 1.29 is 18.8 Å². The van der Waals surface area contributed by atoms with E-state index in [1.165, 1.54) is 11.0 Å². The van der Waals surface area contributed by atoms with Crippen molar-refractivity contribution in [3.63, 3.8) is 0 Å². The highest BCUT2D eigenvalue weighted by Crippen LogP contribution is 2.31. The van der Waals surface area contributed by atoms with Crippen LogP contribution in [0.4, 0.5) is 4.39 Å². The molecule has 7 heteroatoms. The van der Waals surface area contributed by atoms with Gasteiger partial charge in [0.1, 0.15) is 11.9 Å². The second-order valence-electron chi connectivity index (χ2n) is 6.04. The molecule has 3 rings (SSSR count). The van der Waals surface area contributed by atoms with Crippen LogP contribution in [0.15, 0.2) is 12.1 Å². The lowest BCUT2D eigenvalue weighted by molar-refractivity contribution is -0.136. The summed E-state index contributed by atoms with van der Waals surface area (Å²) in [7, 11) is 0. The number of nitrogens with zero attached hydrogens (tertiary/aromatic N) is 1. The molecular formula is C18H18FN3O3. The van der Waals surface area contributed by atoms with Crippen LogP contribution in [0.1, 0.15) is 47.2 Å². The van der Waals surface area contributed by atoms with E-state index in [9.17, 15) is 18.8 Å². The summed E-state index contributed by atoms with van der Waals surface area (Å²) >= 11 is 0. The van der Waals surface area contributed by atoms with E-state index in [-0.39, 0.29) is 30.9 Å². The van der Waals surface area contributed by atoms with Crippen LogP contribution in [0.2, 0.25) is 0 Å². The summed E-state index contributed by atoms with van der Waals surface area (Å²) in [5.41, 5.74) is 6.47. The maximum absolute atomic E-state index is 14.2. The summed E-state index contributed by atoms with van der Waals surface area (Å²) in [4.78, 5) is 37.3. The normalized spacial score (nSPS) is 19.4. The van der Waals surface area contributed by atoms with Gasteiger partial charge in [-0.2, -0.15) is 0 Å². The van der Waals surface area contributed by atoms with Crippen LogP contribution in [0, 0.1) is 17.7 Å². The monoisotopic (exact) mass is 343 g/mol. The van der Waals surface area contributed by atoms with Gasteiger partial charge in [-0.1, -0.05) is 11.8 Å². The number of nitrogens with one attached hydrogen (secondary N) is 1. The molecule has 1 aromatic carbocycles. The van der Waals surface area contributed by atoms with Crippen molar-refractivity contribution in [1.82, 2.24) is 10.2 Å². The Hall–Kier alpha value is -2.72. The Morgan fingerprint density at radius 3 is 2.84 bits per heavy atom. The summed E-state index contributed by atoms with van der Waals surface area (Å²) < 4.78 is 14.2. The molecule has 1 atom stereocenters. The number of unbranched alkanes of at least 4 members (excludes halogenated alkanes) is 1. The van der Waals surface area contributed by atoms with E-state index in [4.69, 9.17) is 5.73 Å². The van der Waals surface area contributed by atoms with Crippen LogP contribution >= 0.6 is 0 Å². The molecule has 2 aliphatic rings. The maximum Gasteiger partial charge on any atom is 0.258 e. The number of imide groups is 1. The minimum atomic E-state index is -0.768. The third kappa shape index (κ3) is 3.26. The standard InChI is InChI=1S/C18H18FN3O3/c19-13-6-5-11(4-2-1-3-9-20)12-10-22(18(25)16(12)13)14-7-8-15(23)21-17(14)24/h5-6,14H,1,3,7-10,20H2,(H,21,23,24). The first kappa shape index (κ1) is 17.1. The van der Waals surface area contributed by atoms with Crippen LogP contribution in [-0.4, -0.2) is 35.2 Å². The minimum absolute atomic E-state index is 0.0321. The predicted molar refractivity (Wildman–Crippen MR) is 87.6 cm³/mol. The molecule has 3 amide bonds. The van der Waals surface area contributed by atoms with Crippen LogP contribution in [-0.2, 0) is 16.1 Å². The third-order valence-electron chi connectivity index (χ3n) is 4.38. The Bertz CT molecular complexity index is 810. The van der Waals surface area contributed by atoms with E-state index in [2.05, 4.69) is 17.2 Å². The summed E-state index contributed by atoms with van der Waals surface area (Å²) in [6.07, 6.45) is 1.78. The first-order chi connectivity index (χ1) is 12.0. The molecule has 1 unspecified atom stereocenters. The largest absolute Gasteiger partial charge is 0.330 e. The van der Waals surface area contributed by atoms with E-state index in [0.717, 1.165) is 6.42 Å². The number of nitrogens with two attached hydrogens (primary N) is 1. The zero-order chi connectivity index (χ0) is 18.0. The van der Waals surface area contributed by atoms with Crippen molar-refractivity contribution in [3.05, 3.63) is 34.6 Å². The van der Waals surface area contributed by atoms with Gasteiger partial charge in [-0.3, -0.25) is 19.7 Å². The number of carbonyl (C=O) groups is 3. The molecule has 2 heterocycles. The van der Waals surface area contributed by atoms with Gasteiger partial charge < -0.3 is 10.6 Å². The van der Waals surface area contributed by atoms with Gasteiger partial charge >= 0.3 is 0 Å². The molecule has 0 aromatic heterocycles. The summed E-state index contributed by atoms with van der Waals surface area (Å²) in [6.45, 7) is 0.650. The molecule has 0 spiro atoms. The number of rotatable bonds is 3. The van der Waals surface area contributed by atoms with Gasteiger partial charge in [0.05, 0.1) is 5.56 Å². The van der Waals surface area contributed by atoms with Crippen molar-refractivity contribution in [2.75, 3.05) is 6.54 Å². The first-order valence-corrected chi connectivity index (χ1v) is 8.18. The Morgan fingerprint density at radius 2 is 2.12 bits per heavy atom. The lowest BCUT2D eigenvalue weighted by Gasteiger charge is -2.29. The molecule has 2 aliphatic heterocycles. The topological polar surface area (TPSA) is 92.5 Å². The molecule has 130 valence electrons. The highest BCUT2D eigenvalue weighted by atomic mass is 19.1. The minimum Gasteiger partial charge on any atom is -0.330 e. The van der Waals surface area contributed by atoms with Gasteiger partial charge in [0, 0.05) is 30.5 Å². The van der Waals surface area contributed by atoms with Crippen LogP contribution in [0.25, 0.3) is 0 Å². The fourth-order valence-corrected chi connectivity index (χ4v) is 3.10. The number of hydrogen-bond donors (Lipinski definition) is 2. The quantitative estimate of drug-likeness (QED) is 0.479. The van der Waals surface area contributed by atoms with Crippen molar-refractivity contribution >= 4 is 17.7 Å². The number of benzene rings is 1. The fourth-order valence-electron chi connectivity index (χ4n) is 3.10. The number of fused-ring (bicyclic) bond motifs is 1. The van der Waals surface area contributed by atoms with Crippen molar-refractivity contribution in [2.45, 2.75) is 38.3 Å². The lowest BCUT2D eigenvalue weighted by atomic mass is 10.0. The lowest BCUT2D eigenvalue weighted by Crippen LogP contribution is -2.52. The molecule has 1 aromatic rings.